The summed E-state index contributed by atoms with van der Waals surface area (Å²) in [6, 6.07) is 12.7. The van der Waals surface area contributed by atoms with Gasteiger partial charge in [-0.2, -0.15) is 0 Å². The monoisotopic (exact) mass is 408 g/mol. The van der Waals surface area contributed by atoms with Gasteiger partial charge >= 0.3 is 0 Å². The highest BCUT2D eigenvalue weighted by atomic mass is 35.5. The Hall–Kier alpha value is -1.89. The lowest BCUT2D eigenvalue weighted by Gasteiger charge is -2.21. The number of amides is 1. The van der Waals surface area contributed by atoms with Crippen LogP contribution in [-0.2, 0) is 21.4 Å². The predicted molar refractivity (Wildman–Crippen MR) is 108 cm³/mol. The molecule has 0 fully saturated rings. The molecule has 0 spiro atoms. The minimum absolute atomic E-state index is 0.0492. The Morgan fingerprint density at radius 1 is 1.15 bits per heavy atom. The van der Waals surface area contributed by atoms with E-state index in [0.717, 1.165) is 11.1 Å². The zero-order chi connectivity index (χ0) is 20.0. The molecule has 0 atom stereocenters. The van der Waals surface area contributed by atoms with Gasteiger partial charge in [-0.3, -0.25) is 4.79 Å². The smallest absolute Gasteiger partial charge is 0.240 e. The van der Waals surface area contributed by atoms with E-state index in [4.69, 9.17) is 11.6 Å². The lowest BCUT2D eigenvalue weighted by molar-refractivity contribution is -0.131. The maximum absolute atomic E-state index is 12.5. The number of carbonyl (C=O) groups excluding carboxylic acids is 1. The van der Waals surface area contributed by atoms with Gasteiger partial charge in [0.1, 0.15) is 0 Å². The van der Waals surface area contributed by atoms with Crippen LogP contribution in [-0.4, -0.2) is 32.3 Å². The third kappa shape index (κ3) is 5.79. The number of hydrogen-bond acceptors (Lipinski definition) is 3. The second-order valence-corrected chi connectivity index (χ2v) is 8.56. The summed E-state index contributed by atoms with van der Waals surface area (Å²) >= 11 is 6.16. The Labute approximate surface area is 166 Å². The molecule has 0 aliphatic carbocycles. The van der Waals surface area contributed by atoms with E-state index < -0.39 is 10.0 Å². The first kappa shape index (κ1) is 21.4. The fourth-order valence-electron chi connectivity index (χ4n) is 2.73. The zero-order valence-corrected chi connectivity index (χ0v) is 17.4. The Balaban J connectivity index is 1.97. The second-order valence-electron chi connectivity index (χ2n) is 6.42. The molecule has 146 valence electrons. The van der Waals surface area contributed by atoms with Crippen LogP contribution in [0.3, 0.4) is 0 Å². The first-order valence-corrected chi connectivity index (χ1v) is 10.7. The van der Waals surface area contributed by atoms with Crippen LogP contribution >= 0.6 is 11.6 Å². The predicted octanol–water partition coefficient (Wildman–Crippen LogP) is 3.67. The van der Waals surface area contributed by atoms with Crippen molar-refractivity contribution >= 4 is 27.5 Å². The minimum Gasteiger partial charge on any atom is -0.339 e. The topological polar surface area (TPSA) is 66.5 Å². The van der Waals surface area contributed by atoms with E-state index in [0.29, 0.717) is 23.7 Å². The van der Waals surface area contributed by atoms with E-state index in [1.54, 1.807) is 30.0 Å². The van der Waals surface area contributed by atoms with E-state index >= 15 is 0 Å². The molecular formula is C20H25ClN2O3S. The average molecular weight is 409 g/mol. The van der Waals surface area contributed by atoms with Crippen molar-refractivity contribution < 1.29 is 13.2 Å². The third-order valence-corrected chi connectivity index (χ3v) is 6.29. The highest BCUT2D eigenvalue weighted by Crippen LogP contribution is 2.18. The van der Waals surface area contributed by atoms with Gasteiger partial charge in [0.15, 0.2) is 0 Å². The van der Waals surface area contributed by atoms with Crippen molar-refractivity contribution in [1.82, 2.24) is 9.62 Å². The molecule has 0 aliphatic rings. The van der Waals surface area contributed by atoms with E-state index in [1.807, 2.05) is 38.1 Å². The average Bonchev–Trinajstić information content (AvgIpc) is 2.62. The number of carbonyl (C=O) groups is 1. The summed E-state index contributed by atoms with van der Waals surface area (Å²) in [5, 5.41) is 0.611. The van der Waals surface area contributed by atoms with Gasteiger partial charge in [0.25, 0.3) is 0 Å². The molecule has 2 aromatic rings. The maximum atomic E-state index is 12.5. The van der Waals surface area contributed by atoms with Crippen molar-refractivity contribution in [2.75, 3.05) is 13.1 Å². The number of halogens is 1. The van der Waals surface area contributed by atoms with Crippen molar-refractivity contribution in [3.05, 3.63) is 64.2 Å². The van der Waals surface area contributed by atoms with Gasteiger partial charge in [0.05, 0.1) is 4.90 Å². The zero-order valence-electron chi connectivity index (χ0n) is 15.8. The summed E-state index contributed by atoms with van der Waals surface area (Å²) < 4.78 is 27.5. The van der Waals surface area contributed by atoms with Gasteiger partial charge < -0.3 is 4.90 Å². The van der Waals surface area contributed by atoms with Crippen LogP contribution in [0.15, 0.2) is 47.4 Å². The van der Waals surface area contributed by atoms with Gasteiger partial charge in [0, 0.05) is 31.1 Å². The van der Waals surface area contributed by atoms with E-state index in [2.05, 4.69) is 4.72 Å². The highest BCUT2D eigenvalue weighted by molar-refractivity contribution is 7.89. The molecule has 2 rings (SSSR count). The highest BCUT2D eigenvalue weighted by Gasteiger charge is 2.18. The standard InChI is InChI=1S/C20H25ClN2O3S/c1-4-23(14-17-7-5-6-8-18(17)21)20(24)11-12-22-27(25,26)19-13-15(2)9-10-16(19)3/h5-10,13,22H,4,11-12,14H2,1-3H3. The van der Waals surface area contributed by atoms with Crippen molar-refractivity contribution in [3.8, 4) is 0 Å². The number of benzene rings is 2. The summed E-state index contributed by atoms with van der Waals surface area (Å²) in [5.41, 5.74) is 2.41. The van der Waals surface area contributed by atoms with Gasteiger partial charge in [-0.25, -0.2) is 13.1 Å². The lowest BCUT2D eigenvalue weighted by atomic mass is 10.2. The van der Waals surface area contributed by atoms with Crippen LogP contribution in [0.4, 0.5) is 0 Å². The molecule has 1 amide bonds. The first-order chi connectivity index (χ1) is 12.7. The Kier molecular flexibility index (Phi) is 7.41. The fraction of sp³-hybridized carbons (Fsp3) is 0.350. The molecule has 1 N–H and O–H groups in total. The van der Waals surface area contributed by atoms with Gasteiger partial charge in [-0.15, -0.1) is 0 Å². The molecule has 27 heavy (non-hydrogen) atoms. The number of nitrogens with zero attached hydrogens (tertiary/aromatic N) is 1. The molecule has 0 unspecified atom stereocenters. The van der Waals surface area contributed by atoms with Crippen molar-refractivity contribution in [2.45, 2.75) is 38.6 Å². The van der Waals surface area contributed by atoms with E-state index in [1.165, 1.54) is 0 Å². The molecule has 0 saturated heterocycles. The minimum atomic E-state index is -3.65. The molecule has 7 heteroatoms. The number of hydrogen-bond donors (Lipinski definition) is 1. The van der Waals surface area contributed by atoms with E-state index in [9.17, 15) is 13.2 Å². The number of nitrogens with one attached hydrogen (secondary N) is 1. The maximum Gasteiger partial charge on any atom is 0.240 e. The largest absolute Gasteiger partial charge is 0.339 e. The van der Waals surface area contributed by atoms with Crippen LogP contribution in [0.5, 0.6) is 0 Å². The van der Waals surface area contributed by atoms with Crippen molar-refractivity contribution in [2.24, 2.45) is 0 Å². The summed E-state index contributed by atoms with van der Waals surface area (Å²) in [6.45, 7) is 6.45. The molecule has 0 aliphatic heterocycles. The molecule has 0 aromatic heterocycles. The van der Waals surface area contributed by atoms with Crippen LogP contribution in [0.2, 0.25) is 5.02 Å². The first-order valence-electron chi connectivity index (χ1n) is 8.82. The van der Waals surface area contributed by atoms with Crippen LogP contribution in [0.1, 0.15) is 30.0 Å². The van der Waals surface area contributed by atoms with Crippen LogP contribution in [0, 0.1) is 13.8 Å². The van der Waals surface area contributed by atoms with Crippen LogP contribution < -0.4 is 4.72 Å². The van der Waals surface area contributed by atoms with Gasteiger partial charge in [-0.05, 0) is 49.6 Å². The lowest BCUT2D eigenvalue weighted by Crippen LogP contribution is -2.34. The molecular weight excluding hydrogens is 384 g/mol. The van der Waals surface area contributed by atoms with Gasteiger partial charge in [-0.1, -0.05) is 41.9 Å². The molecule has 5 nitrogen and oxygen atoms in total. The summed E-state index contributed by atoms with van der Waals surface area (Å²) in [4.78, 5) is 14.4. The molecule has 0 saturated carbocycles. The van der Waals surface area contributed by atoms with E-state index in [-0.39, 0.29) is 23.8 Å². The molecule has 0 bridgehead atoms. The molecule has 0 heterocycles. The number of sulfonamides is 1. The summed E-state index contributed by atoms with van der Waals surface area (Å²) in [7, 11) is -3.65. The second kappa shape index (κ2) is 9.35. The molecule has 0 radical (unpaired) electrons. The Morgan fingerprint density at radius 2 is 1.85 bits per heavy atom. The Morgan fingerprint density at radius 3 is 2.52 bits per heavy atom. The fourth-order valence-corrected chi connectivity index (χ4v) is 4.29. The number of aryl methyl sites for hydroxylation is 2. The van der Waals surface area contributed by atoms with Crippen LogP contribution in [0.25, 0.3) is 0 Å². The SMILES string of the molecule is CCN(Cc1ccccc1Cl)C(=O)CCNS(=O)(=O)c1cc(C)ccc1C. The normalized spacial score (nSPS) is 11.4. The van der Waals surface area contributed by atoms with Crippen molar-refractivity contribution in [3.63, 3.8) is 0 Å². The number of rotatable bonds is 8. The Bertz CT molecular complexity index is 913. The summed E-state index contributed by atoms with van der Waals surface area (Å²) in [5.74, 6) is -0.124. The quantitative estimate of drug-likeness (QED) is 0.724. The van der Waals surface area contributed by atoms with Crippen molar-refractivity contribution in [1.29, 1.82) is 0 Å². The molecule has 2 aromatic carbocycles. The third-order valence-electron chi connectivity index (χ3n) is 4.32. The van der Waals surface area contributed by atoms with Gasteiger partial charge in [0.2, 0.25) is 15.9 Å². The summed E-state index contributed by atoms with van der Waals surface area (Å²) in [6.07, 6.45) is 0.0857.